The van der Waals surface area contributed by atoms with Gasteiger partial charge in [0.2, 0.25) is 0 Å². The van der Waals surface area contributed by atoms with Crippen LogP contribution in [0.25, 0.3) is 6.08 Å². The number of ether oxygens (including phenoxy) is 1. The molecule has 0 radical (unpaired) electrons. The van der Waals surface area contributed by atoms with Gasteiger partial charge in [0, 0.05) is 5.92 Å². The van der Waals surface area contributed by atoms with Crippen molar-refractivity contribution < 1.29 is 9.53 Å². The normalized spacial score (nSPS) is 20.6. The fourth-order valence-corrected chi connectivity index (χ4v) is 2.95. The lowest BCUT2D eigenvalue weighted by Gasteiger charge is -2.09. The minimum absolute atomic E-state index is 0.0931. The summed E-state index contributed by atoms with van der Waals surface area (Å²) < 4.78 is 5.62. The summed E-state index contributed by atoms with van der Waals surface area (Å²) in [5, 5.41) is 2.92. The minimum Gasteiger partial charge on any atom is -0.491 e. The van der Waals surface area contributed by atoms with Crippen molar-refractivity contribution in [2.45, 2.75) is 45.6 Å². The molecule has 1 aliphatic heterocycles. The zero-order valence-corrected chi connectivity index (χ0v) is 13.1. The molecule has 4 nitrogen and oxygen atoms in total. The van der Waals surface area contributed by atoms with E-state index in [4.69, 9.17) is 4.74 Å². The molecule has 1 aromatic carbocycles. The largest absolute Gasteiger partial charge is 0.491 e. The van der Waals surface area contributed by atoms with E-state index in [1.165, 1.54) is 12.8 Å². The van der Waals surface area contributed by atoms with Gasteiger partial charge in [0.25, 0.3) is 5.91 Å². The lowest BCUT2D eigenvalue weighted by molar-refractivity contribution is -0.115. The fraction of sp³-hybridized carbons (Fsp3) is 0.444. The summed E-state index contributed by atoms with van der Waals surface area (Å²) in [4.78, 5) is 16.5. The monoisotopic (exact) mass is 298 g/mol. The molecular formula is C18H22N2O2. The molecule has 2 aliphatic rings. The van der Waals surface area contributed by atoms with Crippen LogP contribution in [0.3, 0.4) is 0 Å². The van der Waals surface area contributed by atoms with Gasteiger partial charge in [-0.1, -0.05) is 25.0 Å². The number of rotatable bonds is 4. The van der Waals surface area contributed by atoms with Crippen LogP contribution in [-0.2, 0) is 4.79 Å². The van der Waals surface area contributed by atoms with E-state index in [2.05, 4.69) is 10.3 Å². The van der Waals surface area contributed by atoms with E-state index in [1.54, 1.807) is 0 Å². The maximum Gasteiger partial charge on any atom is 0.275 e. The Morgan fingerprint density at radius 3 is 2.55 bits per heavy atom. The smallest absolute Gasteiger partial charge is 0.275 e. The average molecular weight is 298 g/mol. The molecule has 1 amide bonds. The molecule has 0 saturated heterocycles. The van der Waals surface area contributed by atoms with E-state index in [-0.39, 0.29) is 12.0 Å². The van der Waals surface area contributed by atoms with Crippen molar-refractivity contribution in [1.29, 1.82) is 0 Å². The summed E-state index contributed by atoms with van der Waals surface area (Å²) in [6.07, 6.45) is 6.71. The van der Waals surface area contributed by atoms with Crippen LogP contribution >= 0.6 is 0 Å². The molecule has 4 heteroatoms. The highest BCUT2D eigenvalue weighted by Gasteiger charge is 2.28. The lowest BCUT2D eigenvalue weighted by atomic mass is 10.1. The topological polar surface area (TPSA) is 50.7 Å². The van der Waals surface area contributed by atoms with Crippen molar-refractivity contribution in [1.82, 2.24) is 5.32 Å². The Labute approximate surface area is 131 Å². The van der Waals surface area contributed by atoms with Gasteiger partial charge in [-0.2, -0.15) is 0 Å². The summed E-state index contributed by atoms with van der Waals surface area (Å²) in [6, 6.07) is 7.73. The molecule has 0 unspecified atom stereocenters. The Balaban J connectivity index is 1.74. The highest BCUT2D eigenvalue weighted by Crippen LogP contribution is 2.28. The van der Waals surface area contributed by atoms with Gasteiger partial charge in [-0.15, -0.1) is 0 Å². The number of carbonyl (C=O) groups is 1. The molecule has 116 valence electrons. The molecule has 0 atom stereocenters. The first kappa shape index (κ1) is 14.8. The Kier molecular flexibility index (Phi) is 4.27. The lowest BCUT2D eigenvalue weighted by Crippen LogP contribution is -2.29. The number of nitrogens with zero attached hydrogens (tertiary/aromatic N) is 1. The van der Waals surface area contributed by atoms with Crippen molar-refractivity contribution in [2.75, 3.05) is 0 Å². The van der Waals surface area contributed by atoms with Crippen LogP contribution in [0.1, 0.15) is 45.1 Å². The minimum atomic E-state index is -0.0931. The third-order valence-electron chi connectivity index (χ3n) is 4.01. The van der Waals surface area contributed by atoms with E-state index in [0.717, 1.165) is 30.0 Å². The second-order valence-corrected chi connectivity index (χ2v) is 6.20. The Bertz CT molecular complexity index is 608. The number of carbonyl (C=O) groups excluding carboxylic acids is 1. The van der Waals surface area contributed by atoms with Crippen molar-refractivity contribution in [3.05, 3.63) is 35.5 Å². The van der Waals surface area contributed by atoms with E-state index >= 15 is 0 Å². The molecule has 0 bridgehead atoms. The zero-order chi connectivity index (χ0) is 15.5. The first-order chi connectivity index (χ1) is 10.6. The fourth-order valence-electron chi connectivity index (χ4n) is 2.95. The molecular weight excluding hydrogens is 276 g/mol. The maximum absolute atomic E-state index is 12.0. The molecule has 0 aromatic heterocycles. The molecule has 1 fully saturated rings. The predicted molar refractivity (Wildman–Crippen MR) is 87.7 cm³/mol. The molecule has 1 saturated carbocycles. The quantitative estimate of drug-likeness (QED) is 0.864. The number of amides is 1. The van der Waals surface area contributed by atoms with Crippen LogP contribution in [0, 0.1) is 5.92 Å². The van der Waals surface area contributed by atoms with E-state index in [1.807, 2.05) is 44.2 Å². The molecule has 1 heterocycles. The van der Waals surface area contributed by atoms with Crippen LogP contribution in [0.5, 0.6) is 5.75 Å². The van der Waals surface area contributed by atoms with Gasteiger partial charge in [-0.25, -0.2) is 4.99 Å². The van der Waals surface area contributed by atoms with Gasteiger partial charge in [-0.05, 0) is 50.5 Å². The number of benzene rings is 1. The molecule has 3 rings (SSSR count). The van der Waals surface area contributed by atoms with Gasteiger partial charge in [0.15, 0.2) is 0 Å². The highest BCUT2D eigenvalue weighted by atomic mass is 16.5. The van der Waals surface area contributed by atoms with Gasteiger partial charge >= 0.3 is 0 Å². The third-order valence-corrected chi connectivity index (χ3v) is 4.01. The number of aliphatic imine (C=N–C) groups is 1. The summed E-state index contributed by atoms with van der Waals surface area (Å²) in [6.45, 7) is 4.00. The third kappa shape index (κ3) is 3.38. The van der Waals surface area contributed by atoms with Crippen molar-refractivity contribution in [3.63, 3.8) is 0 Å². The zero-order valence-electron chi connectivity index (χ0n) is 13.1. The van der Waals surface area contributed by atoms with Crippen LogP contribution < -0.4 is 10.1 Å². The Hall–Kier alpha value is -2.10. The first-order valence-electron chi connectivity index (χ1n) is 8.00. The van der Waals surface area contributed by atoms with Gasteiger partial charge in [-0.3, -0.25) is 4.79 Å². The second-order valence-electron chi connectivity index (χ2n) is 6.20. The average Bonchev–Trinajstić information content (AvgIpc) is 3.11. The molecule has 1 aromatic rings. The number of hydrogen-bond acceptors (Lipinski definition) is 3. The summed E-state index contributed by atoms with van der Waals surface area (Å²) in [5.74, 6) is 2.03. The summed E-state index contributed by atoms with van der Waals surface area (Å²) >= 11 is 0. The maximum atomic E-state index is 12.0. The molecule has 1 N–H and O–H groups in total. The second kappa shape index (κ2) is 6.34. The van der Waals surface area contributed by atoms with Crippen LogP contribution in [0.2, 0.25) is 0 Å². The molecule has 1 aliphatic carbocycles. The van der Waals surface area contributed by atoms with Crippen LogP contribution in [-0.4, -0.2) is 17.8 Å². The van der Waals surface area contributed by atoms with Crippen molar-refractivity contribution in [2.24, 2.45) is 10.9 Å². The SMILES string of the molecule is CC(C)Oc1ccc(/C=C2/N=C(C3CCCC3)NC2=O)cc1. The van der Waals surface area contributed by atoms with Gasteiger partial charge in [0.1, 0.15) is 17.3 Å². The predicted octanol–water partition coefficient (Wildman–Crippen LogP) is 3.53. The van der Waals surface area contributed by atoms with E-state index in [0.29, 0.717) is 11.6 Å². The standard InChI is InChI=1S/C18H22N2O2/c1-12(2)22-15-9-7-13(8-10-15)11-16-18(21)20-17(19-16)14-5-3-4-6-14/h7-12,14H,3-6H2,1-2H3,(H,19,20,21)/b16-11+. The number of hydrogen-bond donors (Lipinski definition) is 1. The first-order valence-corrected chi connectivity index (χ1v) is 8.00. The summed E-state index contributed by atoms with van der Waals surface area (Å²) in [5.41, 5.74) is 1.46. The Morgan fingerprint density at radius 2 is 1.91 bits per heavy atom. The van der Waals surface area contributed by atoms with E-state index < -0.39 is 0 Å². The van der Waals surface area contributed by atoms with Gasteiger partial charge < -0.3 is 10.1 Å². The van der Waals surface area contributed by atoms with Crippen LogP contribution in [0.4, 0.5) is 0 Å². The van der Waals surface area contributed by atoms with Crippen molar-refractivity contribution in [3.8, 4) is 5.75 Å². The van der Waals surface area contributed by atoms with Crippen LogP contribution in [0.15, 0.2) is 35.0 Å². The number of amidine groups is 1. The Morgan fingerprint density at radius 1 is 1.23 bits per heavy atom. The van der Waals surface area contributed by atoms with Crippen molar-refractivity contribution >= 4 is 17.8 Å². The highest BCUT2D eigenvalue weighted by molar-refractivity contribution is 6.15. The summed E-state index contributed by atoms with van der Waals surface area (Å²) in [7, 11) is 0. The number of nitrogens with one attached hydrogen (secondary N) is 1. The van der Waals surface area contributed by atoms with E-state index in [9.17, 15) is 4.79 Å². The molecule has 0 spiro atoms. The van der Waals surface area contributed by atoms with Gasteiger partial charge in [0.05, 0.1) is 6.10 Å². The molecule has 22 heavy (non-hydrogen) atoms.